The van der Waals surface area contributed by atoms with Gasteiger partial charge in [-0.15, -0.1) is 11.3 Å². The second kappa shape index (κ2) is 10.0. The number of hydrogen-bond donors (Lipinski definition) is 3. The highest BCUT2D eigenvalue weighted by atomic mass is 32.1. The van der Waals surface area contributed by atoms with Crippen LogP contribution in [-0.4, -0.2) is 49.3 Å². The third-order valence-corrected chi connectivity index (χ3v) is 4.54. The first-order valence-corrected chi connectivity index (χ1v) is 9.32. The van der Waals surface area contributed by atoms with Gasteiger partial charge in [0.1, 0.15) is 0 Å². The standard InChI is InChI=1S/C18H27N5OS/c1-4-19-17(20-11-15-13-25-18(22-15)23(2)3)21-12-16(24)10-14-8-6-5-7-9-14/h5-9,13,16,24H,4,10-12H2,1-3H3,(H2,19,20,21). The molecule has 0 radical (unpaired) electrons. The quantitative estimate of drug-likeness (QED) is 0.494. The molecule has 136 valence electrons. The zero-order valence-electron chi connectivity index (χ0n) is 15.1. The zero-order valence-corrected chi connectivity index (χ0v) is 15.9. The van der Waals surface area contributed by atoms with Crippen LogP contribution in [0.5, 0.6) is 0 Å². The highest BCUT2D eigenvalue weighted by Crippen LogP contribution is 2.18. The second-order valence-electron chi connectivity index (χ2n) is 5.94. The molecule has 6 nitrogen and oxygen atoms in total. The van der Waals surface area contributed by atoms with Gasteiger partial charge in [0.25, 0.3) is 0 Å². The van der Waals surface area contributed by atoms with Gasteiger partial charge >= 0.3 is 0 Å². The lowest BCUT2D eigenvalue weighted by Crippen LogP contribution is -2.41. The Morgan fingerprint density at radius 2 is 2.04 bits per heavy atom. The van der Waals surface area contributed by atoms with Crippen LogP contribution in [0.25, 0.3) is 0 Å². The fourth-order valence-electron chi connectivity index (χ4n) is 2.25. The van der Waals surface area contributed by atoms with Crippen LogP contribution in [0.4, 0.5) is 5.13 Å². The topological polar surface area (TPSA) is 72.8 Å². The van der Waals surface area contributed by atoms with E-state index < -0.39 is 6.10 Å². The molecule has 1 atom stereocenters. The summed E-state index contributed by atoms with van der Waals surface area (Å²) in [5, 5.41) is 19.6. The van der Waals surface area contributed by atoms with E-state index in [0.29, 0.717) is 25.5 Å². The summed E-state index contributed by atoms with van der Waals surface area (Å²) in [5.74, 6) is 0.689. The third kappa shape index (κ3) is 6.72. The fourth-order valence-corrected chi connectivity index (χ4v) is 3.00. The molecule has 1 aromatic heterocycles. The maximum Gasteiger partial charge on any atom is 0.191 e. The molecule has 7 heteroatoms. The van der Waals surface area contributed by atoms with Crippen molar-refractivity contribution in [1.29, 1.82) is 0 Å². The number of aliphatic hydroxyl groups excluding tert-OH is 1. The van der Waals surface area contributed by atoms with Crippen molar-refractivity contribution in [3.05, 3.63) is 47.0 Å². The Labute approximate surface area is 153 Å². The summed E-state index contributed by atoms with van der Waals surface area (Å²) in [4.78, 5) is 11.1. The van der Waals surface area contributed by atoms with Crippen molar-refractivity contribution in [1.82, 2.24) is 15.6 Å². The van der Waals surface area contributed by atoms with E-state index in [2.05, 4.69) is 20.6 Å². The Bertz CT molecular complexity index is 656. The summed E-state index contributed by atoms with van der Waals surface area (Å²) in [6, 6.07) is 9.98. The van der Waals surface area contributed by atoms with Gasteiger partial charge in [0.05, 0.1) is 18.3 Å². The SMILES string of the molecule is CCNC(=NCc1csc(N(C)C)n1)NCC(O)Cc1ccccc1. The van der Waals surface area contributed by atoms with Crippen LogP contribution >= 0.6 is 11.3 Å². The molecule has 1 aromatic carbocycles. The van der Waals surface area contributed by atoms with Crippen molar-refractivity contribution < 1.29 is 5.11 Å². The number of benzene rings is 1. The molecular formula is C18H27N5OS. The molecule has 0 aliphatic carbocycles. The lowest BCUT2D eigenvalue weighted by Gasteiger charge is -2.15. The van der Waals surface area contributed by atoms with E-state index >= 15 is 0 Å². The van der Waals surface area contributed by atoms with Crippen molar-refractivity contribution in [2.75, 3.05) is 32.1 Å². The number of anilines is 1. The number of guanidine groups is 1. The predicted molar refractivity (Wildman–Crippen MR) is 105 cm³/mol. The normalized spacial score (nSPS) is 12.7. The van der Waals surface area contributed by atoms with Gasteiger partial charge in [-0.1, -0.05) is 30.3 Å². The van der Waals surface area contributed by atoms with E-state index in [4.69, 9.17) is 0 Å². The maximum atomic E-state index is 10.2. The minimum atomic E-state index is -0.467. The minimum absolute atomic E-state index is 0.445. The summed E-state index contributed by atoms with van der Waals surface area (Å²) < 4.78 is 0. The Morgan fingerprint density at radius 1 is 1.28 bits per heavy atom. The fraction of sp³-hybridized carbons (Fsp3) is 0.444. The van der Waals surface area contributed by atoms with E-state index in [-0.39, 0.29) is 0 Å². The number of thiazole rings is 1. The summed E-state index contributed by atoms with van der Waals surface area (Å²) in [6.45, 7) is 3.74. The number of rotatable bonds is 8. The molecule has 0 aliphatic heterocycles. The van der Waals surface area contributed by atoms with Crippen molar-refractivity contribution in [3.63, 3.8) is 0 Å². The zero-order chi connectivity index (χ0) is 18.1. The average molecular weight is 362 g/mol. The Morgan fingerprint density at radius 3 is 2.68 bits per heavy atom. The molecule has 1 heterocycles. The van der Waals surface area contributed by atoms with Crippen LogP contribution in [0, 0.1) is 0 Å². The highest BCUT2D eigenvalue weighted by Gasteiger charge is 2.08. The molecule has 2 rings (SSSR count). The van der Waals surface area contributed by atoms with E-state index in [1.54, 1.807) is 11.3 Å². The number of aromatic nitrogens is 1. The molecule has 0 spiro atoms. The van der Waals surface area contributed by atoms with Gasteiger partial charge in [-0.3, -0.25) is 0 Å². The van der Waals surface area contributed by atoms with Crippen molar-refractivity contribution in [2.24, 2.45) is 4.99 Å². The number of nitrogens with one attached hydrogen (secondary N) is 2. The molecule has 25 heavy (non-hydrogen) atoms. The van der Waals surface area contributed by atoms with Gasteiger partial charge in [-0.05, 0) is 12.5 Å². The second-order valence-corrected chi connectivity index (χ2v) is 6.77. The molecular weight excluding hydrogens is 334 g/mol. The Balaban J connectivity index is 1.86. The van der Waals surface area contributed by atoms with Gasteiger partial charge in [0.2, 0.25) is 0 Å². The summed E-state index contributed by atoms with van der Waals surface area (Å²) in [6.07, 6.45) is 0.150. The van der Waals surface area contributed by atoms with Gasteiger partial charge in [-0.2, -0.15) is 0 Å². The number of nitrogens with zero attached hydrogens (tertiary/aromatic N) is 3. The lowest BCUT2D eigenvalue weighted by molar-refractivity contribution is 0.177. The monoisotopic (exact) mass is 361 g/mol. The van der Waals surface area contributed by atoms with Crippen LogP contribution in [0.3, 0.4) is 0 Å². The van der Waals surface area contributed by atoms with Crippen molar-refractivity contribution in [3.8, 4) is 0 Å². The van der Waals surface area contributed by atoms with Crippen LogP contribution < -0.4 is 15.5 Å². The summed E-state index contributed by atoms with van der Waals surface area (Å²) >= 11 is 1.61. The summed E-state index contributed by atoms with van der Waals surface area (Å²) in [5.41, 5.74) is 2.06. The van der Waals surface area contributed by atoms with E-state index in [0.717, 1.165) is 22.9 Å². The van der Waals surface area contributed by atoms with Gasteiger partial charge < -0.3 is 20.6 Å². The van der Waals surface area contributed by atoms with Crippen LogP contribution in [0.1, 0.15) is 18.2 Å². The van der Waals surface area contributed by atoms with E-state index in [1.165, 1.54) is 0 Å². The van der Waals surface area contributed by atoms with Crippen LogP contribution in [-0.2, 0) is 13.0 Å². The van der Waals surface area contributed by atoms with E-state index in [9.17, 15) is 5.11 Å². The van der Waals surface area contributed by atoms with Gasteiger partial charge in [0.15, 0.2) is 11.1 Å². The predicted octanol–water partition coefficient (Wildman–Crippen LogP) is 1.87. The average Bonchev–Trinajstić information content (AvgIpc) is 3.07. The first kappa shape index (κ1) is 19.2. The third-order valence-electron chi connectivity index (χ3n) is 3.48. The molecule has 0 amide bonds. The molecule has 0 bridgehead atoms. The molecule has 2 aromatic rings. The molecule has 1 unspecified atom stereocenters. The molecule has 0 saturated heterocycles. The van der Waals surface area contributed by atoms with Crippen molar-refractivity contribution >= 4 is 22.4 Å². The van der Waals surface area contributed by atoms with Crippen molar-refractivity contribution in [2.45, 2.75) is 26.0 Å². The Hall–Kier alpha value is -2.12. The number of aliphatic imine (C=N–C) groups is 1. The number of hydrogen-bond acceptors (Lipinski definition) is 5. The minimum Gasteiger partial charge on any atom is -0.391 e. The maximum absolute atomic E-state index is 10.2. The highest BCUT2D eigenvalue weighted by molar-refractivity contribution is 7.13. The smallest absolute Gasteiger partial charge is 0.191 e. The van der Waals surface area contributed by atoms with Crippen LogP contribution in [0.15, 0.2) is 40.7 Å². The van der Waals surface area contributed by atoms with Crippen LogP contribution in [0.2, 0.25) is 0 Å². The first-order valence-electron chi connectivity index (χ1n) is 8.44. The van der Waals surface area contributed by atoms with E-state index in [1.807, 2.05) is 61.6 Å². The molecule has 0 saturated carbocycles. The largest absolute Gasteiger partial charge is 0.391 e. The first-order chi connectivity index (χ1) is 12.1. The molecule has 0 aliphatic rings. The summed E-state index contributed by atoms with van der Waals surface area (Å²) in [7, 11) is 3.96. The van der Waals surface area contributed by atoms with Gasteiger partial charge in [-0.25, -0.2) is 9.98 Å². The molecule has 0 fully saturated rings. The Kier molecular flexibility index (Phi) is 7.69. The number of aliphatic hydroxyl groups is 1. The lowest BCUT2D eigenvalue weighted by atomic mass is 10.1. The van der Waals surface area contributed by atoms with Gasteiger partial charge in [0, 0.05) is 39.0 Å². The molecule has 3 N–H and O–H groups in total.